The molecule has 0 radical (unpaired) electrons. The van der Waals surface area contributed by atoms with Gasteiger partial charge in [-0.15, -0.1) is 0 Å². The number of likely N-dealkylation sites (N-methyl/N-ethyl adjacent to an activating group) is 1. The molecule has 1 aromatic carbocycles. The first-order chi connectivity index (χ1) is 18.2. The maximum Gasteiger partial charge on any atom is 0.463 e. The van der Waals surface area contributed by atoms with Gasteiger partial charge in [-0.25, -0.2) is 0 Å². The summed E-state index contributed by atoms with van der Waals surface area (Å²) in [6.45, 7) is 8.84. The lowest BCUT2D eigenvalue weighted by molar-refractivity contribution is -0.270. The summed E-state index contributed by atoms with van der Waals surface area (Å²) >= 11 is 0. The van der Waals surface area contributed by atoms with Gasteiger partial charge in [0.2, 0.25) is 17.7 Å². The number of nitrogens with one attached hydrogen (secondary N) is 2. The van der Waals surface area contributed by atoms with Gasteiger partial charge in [-0.05, 0) is 30.9 Å². The molecule has 1 heterocycles. The molecule has 1 aliphatic heterocycles. The Morgan fingerprint density at radius 2 is 1.60 bits per heavy atom. The topological polar surface area (TPSA) is 123 Å². The van der Waals surface area contributed by atoms with Crippen LogP contribution in [0.25, 0.3) is 0 Å². The van der Waals surface area contributed by atoms with Crippen molar-refractivity contribution >= 4 is 29.3 Å². The number of halogens is 5. The van der Waals surface area contributed by atoms with Gasteiger partial charge in [0.15, 0.2) is 0 Å². The minimum Gasteiger partial charge on any atom is -0.339 e. The highest BCUT2D eigenvalue weighted by molar-refractivity contribution is 5.95. The first kappa shape index (κ1) is 34.3. The smallest absolute Gasteiger partial charge is 0.339 e. The van der Waals surface area contributed by atoms with Gasteiger partial charge in [0.05, 0.1) is 18.5 Å². The number of amides is 4. The molecule has 4 amide bonds. The fourth-order valence-corrected chi connectivity index (χ4v) is 3.37. The summed E-state index contributed by atoms with van der Waals surface area (Å²) in [6.07, 6.45) is -6.11. The zero-order valence-corrected chi connectivity index (χ0v) is 23.1. The number of carbonyl (C=O) groups excluding carboxylic acids is 4. The van der Waals surface area contributed by atoms with E-state index in [1.807, 2.05) is 6.07 Å². The number of benzene rings is 1. The van der Waals surface area contributed by atoms with Crippen molar-refractivity contribution in [3.8, 4) is 6.07 Å². The molecule has 1 aliphatic rings. The molecule has 9 nitrogen and oxygen atoms in total. The Labute approximate surface area is 229 Å². The molecule has 0 aliphatic carbocycles. The number of para-hydroxylation sites is 1. The number of likely N-dealkylation sites (tertiary alicyclic amines) is 1. The third-order valence-corrected chi connectivity index (χ3v) is 5.29. The van der Waals surface area contributed by atoms with E-state index >= 15 is 0 Å². The van der Waals surface area contributed by atoms with Gasteiger partial charge in [0, 0.05) is 19.3 Å². The molecule has 222 valence electrons. The number of hydrogen-bond donors (Lipinski definition) is 2. The number of hydrogen-bond acceptors (Lipinski definition) is 5. The third kappa shape index (κ3) is 10.1. The molecule has 2 N–H and O–H groups in total. The average Bonchev–Trinajstić information content (AvgIpc) is 3.27. The fraction of sp³-hybridized carbons (Fsp3) is 0.577. The van der Waals surface area contributed by atoms with Crippen molar-refractivity contribution in [1.29, 1.82) is 5.26 Å². The number of rotatable bonds is 7. The lowest BCUT2D eigenvalue weighted by atomic mass is 10.0. The standard InChI is InChI=1S/C21H22F5N5O4.C5H12/c1-12(28-19(35)20(22,23)21(24,25)26)18(34)30(2)11-16(32)31-10-13(8-15(31)9-27)17(33)29-14-6-4-3-5-7-14;1-5(2,3)4/h3-7,12-13,15H,8,10-11H2,1-2H3,(H,28,35)(H,29,33);1-4H3. The largest absolute Gasteiger partial charge is 0.463 e. The molecule has 14 heteroatoms. The van der Waals surface area contributed by atoms with Crippen molar-refractivity contribution in [2.75, 3.05) is 25.5 Å². The zero-order chi connectivity index (χ0) is 31.1. The molecule has 1 saturated heterocycles. The first-order valence-electron chi connectivity index (χ1n) is 12.2. The molecule has 40 heavy (non-hydrogen) atoms. The Kier molecular flexibility index (Phi) is 11.6. The number of nitrogens with zero attached hydrogens (tertiary/aromatic N) is 3. The van der Waals surface area contributed by atoms with Crippen LogP contribution in [-0.2, 0) is 19.2 Å². The quantitative estimate of drug-likeness (QED) is 0.482. The Morgan fingerprint density at radius 3 is 2.08 bits per heavy atom. The van der Waals surface area contributed by atoms with Gasteiger partial charge in [0.25, 0.3) is 0 Å². The lowest BCUT2D eigenvalue weighted by Crippen LogP contribution is -2.56. The molecule has 1 fully saturated rings. The second-order valence-electron chi connectivity index (χ2n) is 10.9. The molecular formula is C26H34F5N5O4. The minimum absolute atomic E-state index is 0.0392. The van der Waals surface area contributed by atoms with Crippen LogP contribution >= 0.6 is 0 Å². The highest BCUT2D eigenvalue weighted by atomic mass is 19.4. The van der Waals surface area contributed by atoms with Crippen molar-refractivity contribution in [2.45, 2.75) is 65.2 Å². The van der Waals surface area contributed by atoms with Gasteiger partial charge in [0.1, 0.15) is 12.1 Å². The van der Waals surface area contributed by atoms with Crippen LogP contribution in [-0.4, -0.2) is 77.7 Å². The maximum absolute atomic E-state index is 13.1. The predicted octanol–water partition coefficient (Wildman–Crippen LogP) is 3.58. The average molecular weight is 576 g/mol. The molecule has 3 atom stereocenters. The van der Waals surface area contributed by atoms with Gasteiger partial charge >= 0.3 is 18.0 Å². The van der Waals surface area contributed by atoms with Gasteiger partial charge < -0.3 is 20.4 Å². The van der Waals surface area contributed by atoms with Crippen LogP contribution < -0.4 is 10.6 Å². The van der Waals surface area contributed by atoms with Crippen LogP contribution in [0.15, 0.2) is 30.3 Å². The maximum atomic E-state index is 13.1. The van der Waals surface area contributed by atoms with E-state index in [1.165, 1.54) is 5.32 Å². The Morgan fingerprint density at radius 1 is 1.07 bits per heavy atom. The second kappa shape index (κ2) is 13.5. The highest BCUT2D eigenvalue weighted by Gasteiger charge is 2.63. The van der Waals surface area contributed by atoms with E-state index in [9.17, 15) is 46.4 Å². The van der Waals surface area contributed by atoms with E-state index < -0.39 is 60.3 Å². The van der Waals surface area contributed by atoms with E-state index in [-0.39, 0.29) is 13.0 Å². The van der Waals surface area contributed by atoms with Crippen molar-refractivity contribution in [2.24, 2.45) is 11.3 Å². The van der Waals surface area contributed by atoms with E-state index in [4.69, 9.17) is 0 Å². The van der Waals surface area contributed by atoms with Gasteiger partial charge in [-0.2, -0.15) is 27.2 Å². The van der Waals surface area contributed by atoms with E-state index in [1.54, 1.807) is 30.3 Å². The Balaban J connectivity index is 0.00000146. The van der Waals surface area contributed by atoms with Crippen LogP contribution in [0.5, 0.6) is 0 Å². The highest BCUT2D eigenvalue weighted by Crippen LogP contribution is 2.35. The summed E-state index contributed by atoms with van der Waals surface area (Å²) in [5, 5.41) is 13.3. The molecule has 0 aromatic heterocycles. The summed E-state index contributed by atoms with van der Waals surface area (Å²) in [5.41, 5.74) is 1.02. The van der Waals surface area contributed by atoms with Crippen molar-refractivity contribution < 1.29 is 41.1 Å². The lowest BCUT2D eigenvalue weighted by Gasteiger charge is -2.26. The summed E-state index contributed by atoms with van der Waals surface area (Å²) in [7, 11) is 1.07. The number of alkyl halides is 5. The molecule has 0 spiro atoms. The molecular weight excluding hydrogens is 541 g/mol. The molecule has 3 unspecified atom stereocenters. The Bertz CT molecular complexity index is 1090. The monoisotopic (exact) mass is 575 g/mol. The van der Waals surface area contributed by atoms with Crippen molar-refractivity contribution in [1.82, 2.24) is 15.1 Å². The summed E-state index contributed by atoms with van der Waals surface area (Å²) < 4.78 is 63.1. The van der Waals surface area contributed by atoms with Crippen molar-refractivity contribution in [3.05, 3.63) is 30.3 Å². The van der Waals surface area contributed by atoms with E-state index in [2.05, 4.69) is 33.0 Å². The number of nitriles is 1. The Hall–Kier alpha value is -3.76. The molecule has 1 aromatic rings. The van der Waals surface area contributed by atoms with E-state index in [0.717, 1.165) is 18.9 Å². The van der Waals surface area contributed by atoms with Crippen LogP contribution in [0.2, 0.25) is 0 Å². The fourth-order valence-electron chi connectivity index (χ4n) is 3.37. The van der Waals surface area contributed by atoms with Gasteiger partial charge in [-0.3, -0.25) is 19.2 Å². The summed E-state index contributed by atoms with van der Waals surface area (Å²) in [5.74, 6) is -11.4. The van der Waals surface area contributed by atoms with E-state index in [0.29, 0.717) is 16.0 Å². The normalized spacial score (nSPS) is 18.0. The number of anilines is 1. The van der Waals surface area contributed by atoms with Crippen LogP contribution in [0.3, 0.4) is 0 Å². The SMILES string of the molecule is CC(C)(C)C.CC(NC(=O)C(F)(F)C(F)(F)F)C(=O)N(C)CC(=O)N1CC(C(=O)Nc2ccccc2)CC1C#N. The van der Waals surface area contributed by atoms with Crippen LogP contribution in [0, 0.1) is 22.7 Å². The number of carbonyl (C=O) groups is 4. The zero-order valence-electron chi connectivity index (χ0n) is 23.1. The second-order valence-corrected chi connectivity index (χ2v) is 10.9. The molecule has 0 bridgehead atoms. The first-order valence-corrected chi connectivity index (χ1v) is 12.2. The minimum atomic E-state index is -6.15. The summed E-state index contributed by atoms with van der Waals surface area (Å²) in [6, 6.07) is 7.60. The van der Waals surface area contributed by atoms with Crippen molar-refractivity contribution in [3.63, 3.8) is 0 Å². The van der Waals surface area contributed by atoms with Crippen LogP contribution in [0.4, 0.5) is 27.6 Å². The van der Waals surface area contributed by atoms with Gasteiger partial charge in [-0.1, -0.05) is 45.9 Å². The molecule has 2 rings (SSSR count). The molecule has 0 saturated carbocycles. The predicted molar refractivity (Wildman–Crippen MR) is 136 cm³/mol. The summed E-state index contributed by atoms with van der Waals surface area (Å²) in [4.78, 5) is 50.6. The third-order valence-electron chi connectivity index (χ3n) is 5.29. The van der Waals surface area contributed by atoms with Crippen LogP contribution in [0.1, 0.15) is 41.0 Å².